The number of nitrogens with one attached hydrogen (secondary N) is 1. The van der Waals surface area contributed by atoms with Gasteiger partial charge >= 0.3 is 6.09 Å². The highest BCUT2D eigenvalue weighted by Crippen LogP contribution is 2.21. The summed E-state index contributed by atoms with van der Waals surface area (Å²) in [5, 5.41) is 3.11. The van der Waals surface area contributed by atoms with Gasteiger partial charge in [-0.05, 0) is 72.0 Å². The second kappa shape index (κ2) is 8.88. The van der Waals surface area contributed by atoms with Gasteiger partial charge in [0.05, 0.1) is 5.92 Å². The molecule has 0 saturated carbocycles. The number of nitrogens with zero attached hydrogens (tertiary/aromatic N) is 2. The number of ether oxygens (including phenoxy) is 1. The van der Waals surface area contributed by atoms with Gasteiger partial charge in [-0.3, -0.25) is 4.79 Å². The first-order valence-corrected chi connectivity index (χ1v) is 9.76. The quantitative estimate of drug-likeness (QED) is 0.825. The molecule has 0 aromatic carbocycles. The largest absolute Gasteiger partial charge is 0.444 e. The third kappa shape index (κ3) is 6.49. The van der Waals surface area contributed by atoms with Gasteiger partial charge in [-0.1, -0.05) is 6.92 Å². The Morgan fingerprint density at radius 1 is 1.12 bits per heavy atom. The Kier molecular flexibility index (Phi) is 7.11. The zero-order chi connectivity index (χ0) is 18.4. The Morgan fingerprint density at radius 3 is 2.40 bits per heavy atom. The van der Waals surface area contributed by atoms with E-state index in [0.717, 1.165) is 38.9 Å². The number of hydrogen-bond acceptors (Lipinski definition) is 4. The molecule has 6 nitrogen and oxygen atoms in total. The highest BCUT2D eigenvalue weighted by atomic mass is 16.6. The van der Waals surface area contributed by atoms with Crippen molar-refractivity contribution >= 4 is 12.0 Å². The second-order valence-electron chi connectivity index (χ2n) is 8.44. The molecule has 6 heteroatoms. The first-order valence-electron chi connectivity index (χ1n) is 9.76. The molecule has 2 heterocycles. The van der Waals surface area contributed by atoms with Crippen molar-refractivity contribution in [3.8, 4) is 0 Å². The van der Waals surface area contributed by atoms with Crippen molar-refractivity contribution in [2.45, 2.75) is 59.0 Å². The van der Waals surface area contributed by atoms with Crippen LogP contribution in [-0.4, -0.2) is 66.7 Å². The van der Waals surface area contributed by atoms with Crippen LogP contribution in [0.3, 0.4) is 0 Å². The Morgan fingerprint density at radius 2 is 1.80 bits per heavy atom. The van der Waals surface area contributed by atoms with Crippen LogP contribution in [0.4, 0.5) is 4.79 Å². The average molecular weight is 354 g/mol. The van der Waals surface area contributed by atoms with Gasteiger partial charge in [0, 0.05) is 19.6 Å². The highest BCUT2D eigenvalue weighted by Gasteiger charge is 2.33. The average Bonchev–Trinajstić information content (AvgIpc) is 3.03. The van der Waals surface area contributed by atoms with E-state index in [9.17, 15) is 9.59 Å². The van der Waals surface area contributed by atoms with Crippen LogP contribution in [0.2, 0.25) is 0 Å². The van der Waals surface area contributed by atoms with Crippen molar-refractivity contribution in [3.63, 3.8) is 0 Å². The fourth-order valence-electron chi connectivity index (χ4n) is 3.59. The van der Waals surface area contributed by atoms with Gasteiger partial charge in [-0.2, -0.15) is 0 Å². The predicted molar refractivity (Wildman–Crippen MR) is 98.4 cm³/mol. The molecule has 144 valence electrons. The molecule has 1 unspecified atom stereocenters. The molecule has 0 aromatic heterocycles. The van der Waals surface area contributed by atoms with E-state index >= 15 is 0 Å². The zero-order valence-corrected chi connectivity index (χ0v) is 16.3. The van der Waals surface area contributed by atoms with E-state index in [1.165, 1.54) is 13.0 Å². The molecular formula is C19H35N3O3. The lowest BCUT2D eigenvalue weighted by Gasteiger charge is -2.31. The number of hydrogen-bond donors (Lipinski definition) is 1. The molecule has 2 amide bonds. The first kappa shape index (κ1) is 20.0. The fourth-order valence-corrected chi connectivity index (χ4v) is 3.59. The number of carbonyl (C=O) groups excluding carboxylic acids is 2. The molecule has 2 aliphatic heterocycles. The number of piperidine rings is 1. The van der Waals surface area contributed by atoms with Crippen molar-refractivity contribution in [2.75, 3.05) is 39.3 Å². The standard InChI is InChI=1S/C19H35N3O3/c1-5-9-21-10-6-15(7-11-21)13-20-17(23)16-8-12-22(14-16)18(24)25-19(2,3)4/h15-16H,5-14H2,1-4H3,(H,20,23). The van der Waals surface area contributed by atoms with E-state index in [0.29, 0.717) is 19.0 Å². The van der Waals surface area contributed by atoms with E-state index in [-0.39, 0.29) is 17.9 Å². The summed E-state index contributed by atoms with van der Waals surface area (Å²) in [5.41, 5.74) is -0.496. The highest BCUT2D eigenvalue weighted by molar-refractivity contribution is 5.80. The lowest BCUT2D eigenvalue weighted by atomic mass is 9.96. The third-order valence-electron chi connectivity index (χ3n) is 5.02. The van der Waals surface area contributed by atoms with Gasteiger partial charge in [0.1, 0.15) is 5.60 Å². The minimum atomic E-state index is -0.496. The molecule has 0 radical (unpaired) electrons. The van der Waals surface area contributed by atoms with E-state index in [1.54, 1.807) is 4.90 Å². The van der Waals surface area contributed by atoms with E-state index < -0.39 is 5.60 Å². The zero-order valence-electron chi connectivity index (χ0n) is 16.3. The molecule has 25 heavy (non-hydrogen) atoms. The van der Waals surface area contributed by atoms with Crippen LogP contribution in [0.25, 0.3) is 0 Å². The van der Waals surface area contributed by atoms with Crippen molar-refractivity contribution in [1.82, 2.24) is 15.1 Å². The van der Waals surface area contributed by atoms with E-state index in [1.807, 2.05) is 20.8 Å². The maximum Gasteiger partial charge on any atom is 0.410 e. The van der Waals surface area contributed by atoms with Crippen molar-refractivity contribution in [1.29, 1.82) is 0 Å². The summed E-state index contributed by atoms with van der Waals surface area (Å²) in [4.78, 5) is 28.7. The molecule has 0 spiro atoms. The molecule has 2 fully saturated rings. The topological polar surface area (TPSA) is 61.9 Å². The van der Waals surface area contributed by atoms with Crippen molar-refractivity contribution in [3.05, 3.63) is 0 Å². The van der Waals surface area contributed by atoms with Gasteiger partial charge in [-0.15, -0.1) is 0 Å². The van der Waals surface area contributed by atoms with Gasteiger partial charge < -0.3 is 19.9 Å². The minimum Gasteiger partial charge on any atom is -0.444 e. The monoisotopic (exact) mass is 353 g/mol. The van der Waals surface area contributed by atoms with Crippen LogP contribution in [0.1, 0.15) is 53.4 Å². The van der Waals surface area contributed by atoms with Crippen molar-refractivity contribution in [2.24, 2.45) is 11.8 Å². The Hall–Kier alpha value is -1.30. The summed E-state index contributed by atoms with van der Waals surface area (Å²) in [6.07, 6.45) is 3.94. The molecule has 2 aliphatic rings. The summed E-state index contributed by atoms with van der Waals surface area (Å²) in [6.45, 7) is 13.1. The summed E-state index contributed by atoms with van der Waals surface area (Å²) in [7, 11) is 0. The second-order valence-corrected chi connectivity index (χ2v) is 8.44. The molecule has 0 aliphatic carbocycles. The minimum absolute atomic E-state index is 0.0852. The SMILES string of the molecule is CCCN1CCC(CNC(=O)C2CCN(C(=O)OC(C)(C)C)C2)CC1. The number of rotatable bonds is 5. The Labute approximate surface area is 152 Å². The van der Waals surface area contributed by atoms with Crippen LogP contribution in [-0.2, 0) is 9.53 Å². The molecule has 1 N–H and O–H groups in total. The normalized spacial score (nSPS) is 22.9. The summed E-state index contributed by atoms with van der Waals surface area (Å²) >= 11 is 0. The fraction of sp³-hybridized carbons (Fsp3) is 0.895. The summed E-state index contributed by atoms with van der Waals surface area (Å²) in [6, 6.07) is 0. The van der Waals surface area contributed by atoms with Crippen LogP contribution in [0, 0.1) is 11.8 Å². The molecule has 2 rings (SSSR count). The molecule has 2 saturated heterocycles. The van der Waals surface area contributed by atoms with Gasteiger partial charge in [-0.25, -0.2) is 4.79 Å². The number of amides is 2. The maximum atomic E-state index is 12.4. The third-order valence-corrected chi connectivity index (χ3v) is 5.02. The van der Waals surface area contributed by atoms with Gasteiger partial charge in [0.25, 0.3) is 0 Å². The number of likely N-dealkylation sites (tertiary alicyclic amines) is 2. The molecule has 1 atom stereocenters. The van der Waals surface area contributed by atoms with E-state index in [4.69, 9.17) is 4.74 Å². The number of carbonyl (C=O) groups is 2. The smallest absolute Gasteiger partial charge is 0.410 e. The molecular weight excluding hydrogens is 318 g/mol. The van der Waals surface area contributed by atoms with Crippen molar-refractivity contribution < 1.29 is 14.3 Å². The molecule has 0 bridgehead atoms. The molecule has 0 aromatic rings. The van der Waals surface area contributed by atoms with Crippen LogP contribution < -0.4 is 5.32 Å². The van der Waals surface area contributed by atoms with Gasteiger partial charge in [0.2, 0.25) is 5.91 Å². The predicted octanol–water partition coefficient (Wildman–Crippen LogP) is 2.48. The lowest BCUT2D eigenvalue weighted by molar-refractivity contribution is -0.124. The van der Waals surface area contributed by atoms with Crippen LogP contribution in [0.15, 0.2) is 0 Å². The lowest BCUT2D eigenvalue weighted by Crippen LogP contribution is -2.41. The maximum absolute atomic E-state index is 12.4. The summed E-state index contributed by atoms with van der Waals surface area (Å²) < 4.78 is 5.39. The Balaban J connectivity index is 1.68. The van der Waals surface area contributed by atoms with E-state index in [2.05, 4.69) is 17.1 Å². The Bertz CT molecular complexity index is 453. The van der Waals surface area contributed by atoms with Crippen LogP contribution in [0.5, 0.6) is 0 Å². The van der Waals surface area contributed by atoms with Crippen LogP contribution >= 0.6 is 0 Å². The summed E-state index contributed by atoms with van der Waals surface area (Å²) in [5.74, 6) is 0.565. The first-order chi connectivity index (χ1) is 11.8. The van der Waals surface area contributed by atoms with Gasteiger partial charge in [0.15, 0.2) is 0 Å².